The van der Waals surface area contributed by atoms with Gasteiger partial charge >= 0.3 is 0 Å². The third-order valence-electron chi connectivity index (χ3n) is 5.39. The maximum Gasteiger partial charge on any atom is 0.100 e. The van der Waals surface area contributed by atoms with E-state index in [9.17, 15) is 9.50 Å². The van der Waals surface area contributed by atoms with Crippen LogP contribution in [0.25, 0.3) is 11.3 Å². The molecule has 122 valence electrons. The second-order valence-electron chi connectivity index (χ2n) is 6.84. The molecule has 1 unspecified atom stereocenters. The van der Waals surface area contributed by atoms with Crippen LogP contribution in [0.4, 0.5) is 4.39 Å². The quantitative estimate of drug-likeness (QED) is 0.895. The third kappa shape index (κ3) is 2.58. The van der Waals surface area contributed by atoms with Crippen molar-refractivity contribution in [3.05, 3.63) is 41.3 Å². The number of imidazole rings is 1. The highest BCUT2D eigenvalue weighted by Gasteiger charge is 2.36. The number of hydrogen-bond donors (Lipinski definition) is 1. The van der Waals surface area contributed by atoms with E-state index in [2.05, 4.69) is 15.6 Å². The maximum atomic E-state index is 13.3. The van der Waals surface area contributed by atoms with Crippen LogP contribution in [0.5, 0.6) is 0 Å². The zero-order valence-electron chi connectivity index (χ0n) is 12.9. The molecule has 2 aliphatic rings. The molecule has 0 spiro atoms. The first-order valence-electron chi connectivity index (χ1n) is 8.24. The Hall–Kier alpha value is -1.39. The molecule has 1 saturated carbocycles. The van der Waals surface area contributed by atoms with Crippen molar-refractivity contribution in [2.75, 3.05) is 0 Å². The van der Waals surface area contributed by atoms with Crippen molar-refractivity contribution >= 4 is 11.6 Å². The summed E-state index contributed by atoms with van der Waals surface area (Å²) in [6.07, 6.45) is 6.42. The summed E-state index contributed by atoms with van der Waals surface area (Å²) in [4.78, 5) is 4.25. The van der Waals surface area contributed by atoms with E-state index >= 15 is 0 Å². The summed E-state index contributed by atoms with van der Waals surface area (Å²) in [6, 6.07) is 6.04. The van der Waals surface area contributed by atoms with E-state index in [1.54, 1.807) is 0 Å². The van der Waals surface area contributed by atoms with Crippen LogP contribution in [-0.4, -0.2) is 26.4 Å². The first kappa shape index (κ1) is 15.2. The number of benzene rings is 1. The van der Waals surface area contributed by atoms with Gasteiger partial charge in [0.2, 0.25) is 0 Å². The van der Waals surface area contributed by atoms with Crippen molar-refractivity contribution in [3.63, 3.8) is 0 Å². The molecule has 0 radical (unpaired) electrons. The Morgan fingerprint density at radius 1 is 1.35 bits per heavy atom. The Morgan fingerprint density at radius 2 is 2.13 bits per heavy atom. The number of fused-ring (bicyclic) bond motifs is 3. The highest BCUT2D eigenvalue weighted by Crippen LogP contribution is 2.46. The summed E-state index contributed by atoms with van der Waals surface area (Å²) in [5.41, 5.74) is 2.58. The summed E-state index contributed by atoms with van der Waals surface area (Å²) in [5, 5.41) is 11.5. The number of halogens is 2. The number of aliphatic hydroxyl groups is 1. The molecule has 1 aliphatic heterocycles. The molecule has 4 rings (SSSR count). The van der Waals surface area contributed by atoms with Gasteiger partial charge in [-0.1, -0.05) is 23.7 Å². The van der Waals surface area contributed by atoms with Gasteiger partial charge in [-0.15, -0.1) is 0 Å². The highest BCUT2D eigenvalue weighted by molar-refractivity contribution is 6.32. The van der Waals surface area contributed by atoms with Crippen LogP contribution in [0.15, 0.2) is 30.7 Å². The zero-order chi connectivity index (χ0) is 16.0. The number of alkyl halides is 1. The maximum absolute atomic E-state index is 13.3. The molecule has 2 aromatic rings. The van der Waals surface area contributed by atoms with Crippen LogP contribution in [0.1, 0.15) is 50.1 Å². The summed E-state index contributed by atoms with van der Waals surface area (Å²) < 4.78 is 15.5. The molecule has 1 aliphatic carbocycles. The Kier molecular flexibility index (Phi) is 3.69. The average Bonchev–Trinajstić information content (AvgIpc) is 3.11. The molecular formula is C18H20ClFN2O. The smallest absolute Gasteiger partial charge is 0.100 e. The van der Waals surface area contributed by atoms with E-state index in [4.69, 9.17) is 11.6 Å². The standard InChI is InChI=1S/C18H20ClFN2O/c19-14-3-1-2-13-16-10-21-11-22(16)15(17(13)14)6-9-18(23)7-4-12(20)5-8-18/h1-3,10-12,15,23H,4-9H2. The van der Waals surface area contributed by atoms with Crippen LogP contribution in [0.3, 0.4) is 0 Å². The predicted octanol–water partition coefficient (Wildman–Crippen LogP) is 4.53. The molecule has 0 bridgehead atoms. The lowest BCUT2D eigenvalue weighted by Crippen LogP contribution is -2.35. The molecule has 1 aromatic carbocycles. The normalized spacial score (nSPS) is 29.3. The van der Waals surface area contributed by atoms with E-state index in [1.807, 2.05) is 24.7 Å². The lowest BCUT2D eigenvalue weighted by Gasteiger charge is -2.34. The Balaban J connectivity index is 1.58. The highest BCUT2D eigenvalue weighted by atomic mass is 35.5. The van der Waals surface area contributed by atoms with Gasteiger partial charge in [0.25, 0.3) is 0 Å². The molecule has 2 heterocycles. The van der Waals surface area contributed by atoms with Crippen molar-refractivity contribution in [1.82, 2.24) is 9.55 Å². The van der Waals surface area contributed by atoms with Gasteiger partial charge in [0.15, 0.2) is 0 Å². The summed E-state index contributed by atoms with van der Waals surface area (Å²) in [6.45, 7) is 0. The van der Waals surface area contributed by atoms with Crippen LogP contribution >= 0.6 is 11.6 Å². The Morgan fingerprint density at radius 3 is 2.91 bits per heavy atom. The Labute approximate surface area is 140 Å². The van der Waals surface area contributed by atoms with Crippen molar-refractivity contribution in [2.45, 2.75) is 56.3 Å². The van der Waals surface area contributed by atoms with Crippen molar-refractivity contribution in [2.24, 2.45) is 0 Å². The van der Waals surface area contributed by atoms with E-state index < -0.39 is 11.8 Å². The van der Waals surface area contributed by atoms with E-state index in [0.29, 0.717) is 32.1 Å². The van der Waals surface area contributed by atoms with Gasteiger partial charge in [0.05, 0.1) is 29.9 Å². The Bertz CT molecular complexity index is 722. The second kappa shape index (κ2) is 5.60. The molecule has 1 fully saturated rings. The molecule has 1 aromatic heterocycles. The van der Waals surface area contributed by atoms with E-state index in [-0.39, 0.29) is 6.04 Å². The average molecular weight is 335 g/mol. The fraction of sp³-hybridized carbons (Fsp3) is 0.500. The van der Waals surface area contributed by atoms with Gasteiger partial charge in [-0.25, -0.2) is 9.37 Å². The molecule has 5 heteroatoms. The first-order valence-corrected chi connectivity index (χ1v) is 8.62. The van der Waals surface area contributed by atoms with Gasteiger partial charge < -0.3 is 9.67 Å². The minimum Gasteiger partial charge on any atom is -0.390 e. The van der Waals surface area contributed by atoms with Gasteiger partial charge in [-0.05, 0) is 44.6 Å². The van der Waals surface area contributed by atoms with Crippen LogP contribution in [0.2, 0.25) is 5.02 Å². The monoisotopic (exact) mass is 334 g/mol. The van der Waals surface area contributed by atoms with Crippen molar-refractivity contribution < 1.29 is 9.50 Å². The number of hydrogen-bond acceptors (Lipinski definition) is 2. The molecule has 3 nitrogen and oxygen atoms in total. The lowest BCUT2D eigenvalue weighted by atomic mass is 9.79. The van der Waals surface area contributed by atoms with Crippen molar-refractivity contribution in [1.29, 1.82) is 0 Å². The minimum atomic E-state index is -0.753. The second-order valence-corrected chi connectivity index (χ2v) is 7.25. The predicted molar refractivity (Wildman–Crippen MR) is 88.4 cm³/mol. The summed E-state index contributed by atoms with van der Waals surface area (Å²) in [7, 11) is 0. The van der Waals surface area contributed by atoms with Crippen LogP contribution in [-0.2, 0) is 0 Å². The first-order chi connectivity index (χ1) is 11.1. The molecular weight excluding hydrogens is 315 g/mol. The van der Waals surface area contributed by atoms with E-state index in [0.717, 1.165) is 28.3 Å². The molecule has 1 N–H and O–H groups in total. The number of aromatic nitrogens is 2. The third-order valence-corrected chi connectivity index (χ3v) is 5.72. The van der Waals surface area contributed by atoms with Crippen molar-refractivity contribution in [3.8, 4) is 11.3 Å². The van der Waals surface area contributed by atoms with Gasteiger partial charge in [-0.2, -0.15) is 0 Å². The lowest BCUT2D eigenvalue weighted by molar-refractivity contribution is -0.0246. The SMILES string of the molecule is OC1(CCC2c3c(Cl)cccc3-c3cncn32)CCC(F)CC1. The molecule has 23 heavy (non-hydrogen) atoms. The fourth-order valence-corrected chi connectivity index (χ4v) is 4.36. The summed E-state index contributed by atoms with van der Waals surface area (Å²) >= 11 is 6.44. The van der Waals surface area contributed by atoms with Gasteiger partial charge in [0, 0.05) is 16.1 Å². The molecule has 1 atom stereocenters. The largest absolute Gasteiger partial charge is 0.390 e. The molecule has 0 saturated heterocycles. The number of nitrogens with zero attached hydrogens (tertiary/aromatic N) is 2. The van der Waals surface area contributed by atoms with E-state index in [1.165, 1.54) is 0 Å². The minimum absolute atomic E-state index is 0.100. The van der Waals surface area contributed by atoms with Crippen LogP contribution < -0.4 is 0 Å². The molecule has 0 amide bonds. The van der Waals surface area contributed by atoms with Crippen LogP contribution in [0, 0.1) is 0 Å². The topological polar surface area (TPSA) is 38.1 Å². The zero-order valence-corrected chi connectivity index (χ0v) is 13.6. The van der Waals surface area contributed by atoms with Gasteiger partial charge in [-0.3, -0.25) is 0 Å². The summed E-state index contributed by atoms with van der Waals surface area (Å²) in [5.74, 6) is 0. The fourth-order valence-electron chi connectivity index (χ4n) is 4.06. The number of rotatable bonds is 3. The van der Waals surface area contributed by atoms with Gasteiger partial charge in [0.1, 0.15) is 6.17 Å².